The Morgan fingerprint density at radius 3 is 2.70 bits per heavy atom. The molecule has 1 heterocycles. The summed E-state index contributed by atoms with van der Waals surface area (Å²) in [5.74, 6) is 0.0995. The quantitative estimate of drug-likeness (QED) is 0.788. The first-order chi connectivity index (χ1) is 9.52. The topological polar surface area (TPSA) is 55.8 Å². The van der Waals surface area contributed by atoms with Crippen LogP contribution in [0.4, 0.5) is 0 Å². The number of ether oxygens (including phenoxy) is 2. The number of rotatable bonds is 4. The van der Waals surface area contributed by atoms with E-state index in [1.165, 1.54) is 0 Å². The molecule has 0 bridgehead atoms. The number of carbonyl (C=O) groups excluding carboxylic acids is 2. The van der Waals surface area contributed by atoms with Crippen molar-refractivity contribution in [2.24, 2.45) is 0 Å². The van der Waals surface area contributed by atoms with Crippen LogP contribution >= 0.6 is 0 Å². The van der Waals surface area contributed by atoms with E-state index in [1.54, 1.807) is 50.1 Å². The average molecular weight is 277 g/mol. The molecule has 0 aliphatic carbocycles. The van der Waals surface area contributed by atoms with Gasteiger partial charge in [-0.15, -0.1) is 0 Å². The highest BCUT2D eigenvalue weighted by molar-refractivity contribution is 5.99. The van der Waals surface area contributed by atoms with Crippen molar-refractivity contribution in [3.8, 4) is 5.75 Å². The van der Waals surface area contributed by atoms with Gasteiger partial charge < -0.3 is 14.4 Å². The molecule has 0 spiro atoms. The van der Waals surface area contributed by atoms with Gasteiger partial charge in [-0.3, -0.25) is 4.79 Å². The minimum Gasteiger partial charge on any atom is -0.497 e. The average Bonchev–Trinajstić information content (AvgIpc) is 2.45. The Labute approximate surface area is 118 Å². The van der Waals surface area contributed by atoms with Gasteiger partial charge in [0.1, 0.15) is 11.3 Å². The van der Waals surface area contributed by atoms with Gasteiger partial charge in [-0.1, -0.05) is 6.07 Å². The van der Waals surface area contributed by atoms with Crippen LogP contribution < -0.4 is 4.74 Å². The summed E-state index contributed by atoms with van der Waals surface area (Å²) < 4.78 is 10.2. The highest BCUT2D eigenvalue weighted by Gasteiger charge is 2.50. The second kappa shape index (κ2) is 5.53. The van der Waals surface area contributed by atoms with Crippen molar-refractivity contribution in [2.45, 2.75) is 25.8 Å². The van der Waals surface area contributed by atoms with Crippen LogP contribution in [0.1, 0.15) is 30.6 Å². The fourth-order valence-corrected chi connectivity index (χ4v) is 2.30. The second-order valence-electron chi connectivity index (χ2n) is 4.93. The zero-order valence-corrected chi connectivity index (χ0v) is 12.0. The molecule has 5 heteroatoms. The van der Waals surface area contributed by atoms with Gasteiger partial charge in [-0.2, -0.15) is 0 Å². The molecule has 1 aromatic rings. The molecule has 0 aromatic heterocycles. The fraction of sp³-hybridized carbons (Fsp3) is 0.467. The molecule has 1 aliphatic rings. The van der Waals surface area contributed by atoms with E-state index in [0.717, 1.165) is 0 Å². The van der Waals surface area contributed by atoms with Crippen molar-refractivity contribution in [1.29, 1.82) is 0 Å². The van der Waals surface area contributed by atoms with E-state index >= 15 is 0 Å². The molecule has 2 rings (SSSR count). The Hall–Kier alpha value is -2.04. The fourth-order valence-electron chi connectivity index (χ4n) is 2.30. The predicted octanol–water partition coefficient (Wildman–Crippen LogP) is 1.86. The van der Waals surface area contributed by atoms with Gasteiger partial charge in [-0.25, -0.2) is 4.79 Å². The number of amides is 1. The normalized spacial score (nSPS) is 21.1. The van der Waals surface area contributed by atoms with Gasteiger partial charge >= 0.3 is 5.97 Å². The van der Waals surface area contributed by atoms with Gasteiger partial charge in [0.05, 0.1) is 13.7 Å². The van der Waals surface area contributed by atoms with Crippen LogP contribution in [0.25, 0.3) is 0 Å². The van der Waals surface area contributed by atoms with E-state index in [-0.39, 0.29) is 11.9 Å². The summed E-state index contributed by atoms with van der Waals surface area (Å²) in [4.78, 5) is 26.0. The van der Waals surface area contributed by atoms with Crippen molar-refractivity contribution in [2.75, 3.05) is 20.3 Å². The van der Waals surface area contributed by atoms with Crippen molar-refractivity contribution in [3.63, 3.8) is 0 Å². The number of benzene rings is 1. The third kappa shape index (κ3) is 2.35. The van der Waals surface area contributed by atoms with Gasteiger partial charge in [0.15, 0.2) is 0 Å². The molecule has 1 fully saturated rings. The maximum atomic E-state index is 12.5. The summed E-state index contributed by atoms with van der Waals surface area (Å²) in [5, 5.41) is 0. The highest BCUT2D eigenvalue weighted by Crippen LogP contribution is 2.33. The molecule has 1 aliphatic heterocycles. The molecule has 1 unspecified atom stereocenters. The van der Waals surface area contributed by atoms with Gasteiger partial charge in [0, 0.05) is 12.1 Å². The molecular weight excluding hydrogens is 258 g/mol. The third-order valence-corrected chi connectivity index (χ3v) is 3.69. The molecular formula is C15H19NO4. The van der Waals surface area contributed by atoms with E-state index < -0.39 is 5.54 Å². The maximum absolute atomic E-state index is 12.5. The molecule has 0 radical (unpaired) electrons. The Morgan fingerprint density at radius 2 is 2.15 bits per heavy atom. The first kappa shape index (κ1) is 14.4. The monoisotopic (exact) mass is 277 g/mol. The minimum atomic E-state index is -0.851. The number of nitrogens with zero attached hydrogens (tertiary/aromatic N) is 1. The summed E-state index contributed by atoms with van der Waals surface area (Å²) >= 11 is 0. The largest absolute Gasteiger partial charge is 0.497 e. The molecule has 0 N–H and O–H groups in total. The summed E-state index contributed by atoms with van der Waals surface area (Å²) in [5.41, 5.74) is -0.338. The zero-order valence-electron chi connectivity index (χ0n) is 12.0. The van der Waals surface area contributed by atoms with E-state index in [1.807, 2.05) is 0 Å². The number of hydrogen-bond acceptors (Lipinski definition) is 4. The van der Waals surface area contributed by atoms with Gasteiger partial charge in [0.25, 0.3) is 5.91 Å². The highest BCUT2D eigenvalue weighted by atomic mass is 16.5. The van der Waals surface area contributed by atoms with Crippen LogP contribution in [0.5, 0.6) is 5.75 Å². The first-order valence-electron chi connectivity index (χ1n) is 6.66. The molecule has 1 aromatic carbocycles. The Balaban J connectivity index is 2.19. The van der Waals surface area contributed by atoms with E-state index in [9.17, 15) is 9.59 Å². The maximum Gasteiger partial charge on any atom is 0.331 e. The standard InChI is InChI=1S/C15H19NO4/c1-4-20-14(18)15(2)8-9-16(15)13(17)11-6-5-7-12(10-11)19-3/h5-7,10H,4,8-9H2,1-3H3. The van der Waals surface area contributed by atoms with E-state index in [2.05, 4.69) is 0 Å². The number of carbonyl (C=O) groups is 2. The zero-order chi connectivity index (χ0) is 14.8. The van der Waals surface area contributed by atoms with E-state index in [0.29, 0.717) is 30.9 Å². The molecule has 1 atom stereocenters. The molecule has 20 heavy (non-hydrogen) atoms. The SMILES string of the molecule is CCOC(=O)C1(C)CCN1C(=O)c1cccc(OC)c1. The smallest absolute Gasteiger partial charge is 0.331 e. The van der Waals surface area contributed by atoms with Crippen LogP contribution in [0.2, 0.25) is 0 Å². The molecule has 1 amide bonds. The van der Waals surface area contributed by atoms with Crippen molar-refractivity contribution in [1.82, 2.24) is 4.90 Å². The summed E-state index contributed by atoms with van der Waals surface area (Å²) in [7, 11) is 1.55. The molecule has 5 nitrogen and oxygen atoms in total. The third-order valence-electron chi connectivity index (χ3n) is 3.69. The lowest BCUT2D eigenvalue weighted by atomic mass is 9.86. The number of hydrogen-bond donors (Lipinski definition) is 0. The number of methoxy groups -OCH3 is 1. The van der Waals surface area contributed by atoms with Gasteiger partial charge in [0.2, 0.25) is 0 Å². The number of esters is 1. The van der Waals surface area contributed by atoms with Crippen molar-refractivity contribution in [3.05, 3.63) is 29.8 Å². The van der Waals surface area contributed by atoms with E-state index in [4.69, 9.17) is 9.47 Å². The van der Waals surface area contributed by atoms with Crippen LogP contribution in [0.3, 0.4) is 0 Å². The summed E-state index contributed by atoms with van der Waals surface area (Å²) in [6, 6.07) is 6.92. The minimum absolute atomic E-state index is 0.175. The molecule has 1 saturated heterocycles. The second-order valence-corrected chi connectivity index (χ2v) is 4.93. The van der Waals surface area contributed by atoms with Crippen LogP contribution in [0.15, 0.2) is 24.3 Å². The number of likely N-dealkylation sites (tertiary alicyclic amines) is 1. The molecule has 108 valence electrons. The molecule has 0 saturated carbocycles. The summed E-state index contributed by atoms with van der Waals surface area (Å²) in [6.45, 7) is 4.38. The Bertz CT molecular complexity index is 528. The lowest BCUT2D eigenvalue weighted by Gasteiger charge is -2.48. The van der Waals surface area contributed by atoms with Gasteiger partial charge in [-0.05, 0) is 38.5 Å². The lowest BCUT2D eigenvalue weighted by Crippen LogP contribution is -2.65. The van der Waals surface area contributed by atoms with Crippen molar-refractivity contribution < 1.29 is 19.1 Å². The Morgan fingerprint density at radius 1 is 1.40 bits per heavy atom. The summed E-state index contributed by atoms with van der Waals surface area (Å²) in [6.07, 6.45) is 0.627. The Kier molecular flexibility index (Phi) is 3.97. The van der Waals surface area contributed by atoms with Crippen LogP contribution in [-0.2, 0) is 9.53 Å². The first-order valence-corrected chi connectivity index (χ1v) is 6.66. The van der Waals surface area contributed by atoms with Crippen LogP contribution in [0, 0.1) is 0 Å². The predicted molar refractivity (Wildman–Crippen MR) is 73.7 cm³/mol. The van der Waals surface area contributed by atoms with Crippen molar-refractivity contribution >= 4 is 11.9 Å². The van der Waals surface area contributed by atoms with Crippen LogP contribution in [-0.4, -0.2) is 42.6 Å². The lowest BCUT2D eigenvalue weighted by molar-refractivity contribution is -0.162.